The molecule has 0 aliphatic heterocycles. The summed E-state index contributed by atoms with van der Waals surface area (Å²) in [6.07, 6.45) is 6.63. The molecule has 0 saturated heterocycles. The summed E-state index contributed by atoms with van der Waals surface area (Å²) in [5.41, 5.74) is 2.24. The fourth-order valence-electron chi connectivity index (χ4n) is 2.93. The van der Waals surface area contributed by atoms with E-state index in [0.29, 0.717) is 22.7 Å². The van der Waals surface area contributed by atoms with Crippen molar-refractivity contribution in [1.29, 1.82) is 0 Å². The smallest absolute Gasteiger partial charge is 0.331 e. The SMILES string of the molecule is Cc1nc2cc(-c3noc(C(F)(F)Cl)n3)ccn2c1N=S(C)(=O)Cc1cnn(C)c1. The Kier molecular flexibility index (Phi) is 4.85. The minimum atomic E-state index is -3.75. The van der Waals surface area contributed by atoms with Gasteiger partial charge in [-0.15, -0.1) is 0 Å². The zero-order chi connectivity index (χ0) is 21.7. The molecule has 4 heterocycles. The largest absolute Gasteiger partial charge is 0.400 e. The highest BCUT2D eigenvalue weighted by Gasteiger charge is 2.35. The minimum absolute atomic E-state index is 0.0529. The number of pyridine rings is 1. The van der Waals surface area contributed by atoms with Gasteiger partial charge < -0.3 is 4.52 Å². The summed E-state index contributed by atoms with van der Waals surface area (Å²) in [7, 11) is -0.827. The topological polar surface area (TPSA) is 103 Å². The van der Waals surface area contributed by atoms with Gasteiger partial charge >= 0.3 is 11.3 Å². The van der Waals surface area contributed by atoms with Crippen molar-refractivity contribution >= 4 is 32.8 Å². The molecule has 0 N–H and O–H groups in total. The lowest BCUT2D eigenvalue weighted by molar-refractivity contribution is 0.0551. The second kappa shape index (κ2) is 7.13. The van der Waals surface area contributed by atoms with Crippen LogP contribution in [0.2, 0.25) is 0 Å². The van der Waals surface area contributed by atoms with Crippen LogP contribution in [0.3, 0.4) is 0 Å². The molecule has 0 aliphatic carbocycles. The Morgan fingerprint density at radius 3 is 2.77 bits per heavy atom. The Morgan fingerprint density at radius 1 is 1.37 bits per heavy atom. The van der Waals surface area contributed by atoms with Gasteiger partial charge in [0.05, 0.1) is 27.4 Å². The normalized spacial score (nSPS) is 14.2. The number of rotatable bonds is 5. The number of alkyl halides is 3. The number of aryl methyl sites for hydroxylation is 2. The molecule has 0 aromatic carbocycles. The van der Waals surface area contributed by atoms with Crippen LogP contribution < -0.4 is 0 Å². The van der Waals surface area contributed by atoms with Gasteiger partial charge in [0.2, 0.25) is 5.82 Å². The molecule has 0 bridgehead atoms. The van der Waals surface area contributed by atoms with E-state index in [-0.39, 0.29) is 11.6 Å². The Morgan fingerprint density at radius 2 is 2.13 bits per heavy atom. The van der Waals surface area contributed by atoms with Crippen LogP contribution in [0.1, 0.15) is 17.1 Å². The monoisotopic (exact) mass is 455 g/mol. The Labute approximate surface area is 174 Å². The standard InChI is InChI=1S/C17H16ClF2N7O2S/c1-10-15(25-30(3,28)9-11-7-21-26(2)8-11)27-5-4-12(6-13(27)22-10)14-23-16(29-24-14)17(18,19)20/h4-8H,9H2,1-3H3. The van der Waals surface area contributed by atoms with Crippen molar-refractivity contribution < 1.29 is 17.5 Å². The second-order valence-corrected chi connectivity index (χ2v) is 9.67. The molecule has 0 saturated carbocycles. The maximum Gasteiger partial charge on any atom is 0.400 e. The third kappa shape index (κ3) is 4.05. The van der Waals surface area contributed by atoms with E-state index in [1.165, 1.54) is 0 Å². The summed E-state index contributed by atoms with van der Waals surface area (Å²) in [5, 5.41) is 3.86. The third-order valence-corrected chi connectivity index (χ3v) is 5.76. The third-order valence-electron chi connectivity index (χ3n) is 4.17. The number of halogens is 3. The molecule has 0 fully saturated rings. The van der Waals surface area contributed by atoms with E-state index in [9.17, 15) is 13.0 Å². The van der Waals surface area contributed by atoms with Gasteiger partial charge in [0, 0.05) is 36.8 Å². The first-order valence-corrected chi connectivity index (χ1v) is 11.1. The van der Waals surface area contributed by atoms with E-state index in [1.807, 2.05) is 0 Å². The van der Waals surface area contributed by atoms with Gasteiger partial charge in [-0.25, -0.2) is 9.19 Å². The molecule has 1 atom stereocenters. The van der Waals surface area contributed by atoms with Crippen molar-refractivity contribution in [3.05, 3.63) is 47.9 Å². The highest BCUT2D eigenvalue weighted by Crippen LogP contribution is 2.32. The molecule has 0 radical (unpaired) electrons. The first kappa shape index (κ1) is 20.4. The molecule has 1 unspecified atom stereocenters. The van der Waals surface area contributed by atoms with E-state index in [4.69, 9.17) is 11.6 Å². The van der Waals surface area contributed by atoms with Gasteiger partial charge in [-0.2, -0.15) is 23.2 Å². The zero-order valence-electron chi connectivity index (χ0n) is 16.1. The zero-order valence-corrected chi connectivity index (χ0v) is 17.7. The summed E-state index contributed by atoms with van der Waals surface area (Å²) >= 11 is 4.91. The number of aromatic nitrogens is 6. The Bertz CT molecular complexity index is 1360. The first-order chi connectivity index (χ1) is 14.0. The number of hydrogen-bond donors (Lipinski definition) is 0. The maximum atomic E-state index is 13.1. The molecule has 30 heavy (non-hydrogen) atoms. The average molecular weight is 456 g/mol. The van der Waals surface area contributed by atoms with Crippen molar-refractivity contribution in [2.75, 3.05) is 6.26 Å². The summed E-state index contributed by atoms with van der Waals surface area (Å²) < 4.78 is 51.5. The fourth-order valence-corrected chi connectivity index (χ4v) is 4.42. The number of imidazole rings is 1. The van der Waals surface area contributed by atoms with Crippen LogP contribution in [0.4, 0.5) is 14.6 Å². The van der Waals surface area contributed by atoms with Crippen LogP contribution in [-0.2, 0) is 27.9 Å². The molecule has 13 heteroatoms. The molecule has 0 amide bonds. The van der Waals surface area contributed by atoms with Crippen LogP contribution in [0.25, 0.3) is 17.0 Å². The van der Waals surface area contributed by atoms with Gasteiger partial charge in [0.15, 0.2) is 5.82 Å². The van der Waals surface area contributed by atoms with Gasteiger partial charge in [-0.3, -0.25) is 9.08 Å². The number of hydrogen-bond acceptors (Lipinski definition) is 7. The lowest BCUT2D eigenvalue weighted by Gasteiger charge is -2.04. The Balaban J connectivity index is 1.72. The van der Waals surface area contributed by atoms with Crippen LogP contribution in [0.5, 0.6) is 0 Å². The van der Waals surface area contributed by atoms with Crippen molar-refractivity contribution in [2.45, 2.75) is 18.1 Å². The van der Waals surface area contributed by atoms with E-state index in [2.05, 4.69) is 29.1 Å². The summed E-state index contributed by atoms with van der Waals surface area (Å²) in [6, 6.07) is 3.18. The van der Waals surface area contributed by atoms with Crippen LogP contribution in [-0.4, -0.2) is 39.8 Å². The molecular weight excluding hydrogens is 440 g/mol. The molecule has 4 aromatic heterocycles. The average Bonchev–Trinajstić information content (AvgIpc) is 3.34. The Hall–Kier alpha value is -2.86. The van der Waals surface area contributed by atoms with Crippen LogP contribution in [0, 0.1) is 6.92 Å². The number of fused-ring (bicyclic) bond motifs is 1. The summed E-state index contributed by atoms with van der Waals surface area (Å²) in [4.78, 5) is 8.04. The van der Waals surface area contributed by atoms with E-state index in [0.717, 1.165) is 5.56 Å². The van der Waals surface area contributed by atoms with Gasteiger partial charge in [-0.05, 0) is 30.7 Å². The number of nitrogens with zero attached hydrogens (tertiary/aromatic N) is 7. The molecule has 158 valence electrons. The second-order valence-electron chi connectivity index (χ2n) is 6.80. The molecule has 0 spiro atoms. The van der Waals surface area contributed by atoms with Crippen molar-refractivity contribution in [3.63, 3.8) is 0 Å². The fraction of sp³-hybridized carbons (Fsp3) is 0.294. The first-order valence-electron chi connectivity index (χ1n) is 8.59. The van der Waals surface area contributed by atoms with Crippen molar-refractivity contribution in [3.8, 4) is 11.4 Å². The van der Waals surface area contributed by atoms with Crippen LogP contribution in [0.15, 0.2) is 39.6 Å². The highest BCUT2D eigenvalue weighted by atomic mass is 35.5. The van der Waals surface area contributed by atoms with Gasteiger partial charge in [-0.1, -0.05) is 5.16 Å². The lowest BCUT2D eigenvalue weighted by Crippen LogP contribution is -2.03. The van der Waals surface area contributed by atoms with E-state index < -0.39 is 21.0 Å². The molecule has 4 rings (SSSR count). The quantitative estimate of drug-likeness (QED) is 0.425. The van der Waals surface area contributed by atoms with Crippen molar-refractivity contribution in [1.82, 2.24) is 29.3 Å². The molecule has 9 nitrogen and oxygen atoms in total. The molecule has 4 aromatic rings. The molecule has 0 aliphatic rings. The van der Waals surface area contributed by atoms with Gasteiger partial charge in [0.1, 0.15) is 5.65 Å². The summed E-state index contributed by atoms with van der Waals surface area (Å²) in [6.45, 7) is 1.74. The molecular formula is C17H16ClF2N7O2S. The van der Waals surface area contributed by atoms with Crippen LogP contribution >= 0.6 is 11.6 Å². The predicted octanol–water partition coefficient (Wildman–Crippen LogP) is 3.64. The minimum Gasteiger partial charge on any atom is -0.331 e. The van der Waals surface area contributed by atoms with Crippen molar-refractivity contribution in [2.24, 2.45) is 11.4 Å². The maximum absolute atomic E-state index is 13.1. The summed E-state index contributed by atoms with van der Waals surface area (Å²) in [5.74, 6) is -0.364. The van der Waals surface area contributed by atoms with E-state index in [1.54, 1.807) is 60.0 Å². The lowest BCUT2D eigenvalue weighted by atomic mass is 10.2. The predicted molar refractivity (Wildman–Crippen MR) is 106 cm³/mol. The van der Waals surface area contributed by atoms with E-state index >= 15 is 0 Å². The van der Waals surface area contributed by atoms with Gasteiger partial charge in [0.25, 0.3) is 0 Å². The highest BCUT2D eigenvalue weighted by molar-refractivity contribution is 7.92.